The number of rotatable bonds is 5. The average molecular weight is 453 g/mol. The summed E-state index contributed by atoms with van der Waals surface area (Å²) in [5.41, 5.74) is 1.49. The summed E-state index contributed by atoms with van der Waals surface area (Å²) in [7, 11) is -7.77. The predicted molar refractivity (Wildman–Crippen MR) is 111 cm³/mol. The first-order valence-corrected chi connectivity index (χ1v) is 12.6. The van der Waals surface area contributed by atoms with Crippen LogP contribution in [0.1, 0.15) is 12.0 Å². The van der Waals surface area contributed by atoms with Gasteiger partial charge < -0.3 is 0 Å². The number of thiophene rings is 1. The van der Waals surface area contributed by atoms with Gasteiger partial charge in [-0.05, 0) is 60.2 Å². The summed E-state index contributed by atoms with van der Waals surface area (Å²) < 4.78 is 68.8. The lowest BCUT2D eigenvalue weighted by Crippen LogP contribution is -2.35. The smallest absolute Gasteiger partial charge is 0.273 e. The number of halogens is 1. The maximum atomic E-state index is 13.9. The Bertz CT molecular complexity index is 1260. The highest BCUT2D eigenvalue weighted by atomic mass is 32.2. The van der Waals surface area contributed by atoms with Crippen molar-refractivity contribution >= 4 is 42.8 Å². The number of benzene rings is 2. The molecule has 152 valence electrons. The summed E-state index contributed by atoms with van der Waals surface area (Å²) in [6.07, 6.45) is 1.22. The Labute approximate surface area is 172 Å². The van der Waals surface area contributed by atoms with E-state index in [1.54, 1.807) is 29.6 Å². The zero-order chi connectivity index (χ0) is 20.6. The van der Waals surface area contributed by atoms with Crippen molar-refractivity contribution in [3.8, 4) is 0 Å². The Balaban J connectivity index is 1.67. The number of nitrogens with one attached hydrogen (secondary N) is 1. The predicted octanol–water partition coefficient (Wildman–Crippen LogP) is 3.83. The highest BCUT2D eigenvalue weighted by Crippen LogP contribution is 2.35. The molecule has 0 unspecified atom stereocenters. The zero-order valence-electron chi connectivity index (χ0n) is 15.1. The van der Waals surface area contributed by atoms with Gasteiger partial charge in [-0.2, -0.15) is 0 Å². The summed E-state index contributed by atoms with van der Waals surface area (Å²) in [6, 6.07) is 13.0. The number of nitrogens with zero attached hydrogens (tertiary/aromatic N) is 1. The molecule has 1 N–H and O–H groups in total. The summed E-state index contributed by atoms with van der Waals surface area (Å²) in [4.78, 5) is -0.445. The second-order valence-electron chi connectivity index (χ2n) is 6.49. The van der Waals surface area contributed by atoms with E-state index in [2.05, 4.69) is 4.72 Å². The van der Waals surface area contributed by atoms with Gasteiger partial charge in [0.25, 0.3) is 20.0 Å². The fourth-order valence-corrected chi connectivity index (χ4v) is 7.04. The van der Waals surface area contributed by atoms with E-state index in [0.717, 1.165) is 17.4 Å². The Morgan fingerprint density at radius 3 is 2.52 bits per heavy atom. The highest BCUT2D eigenvalue weighted by Gasteiger charge is 2.30. The van der Waals surface area contributed by atoms with Gasteiger partial charge in [0.1, 0.15) is 14.9 Å². The molecule has 0 saturated carbocycles. The molecular formula is C19H17FN2O4S3. The van der Waals surface area contributed by atoms with E-state index in [9.17, 15) is 21.2 Å². The van der Waals surface area contributed by atoms with Gasteiger partial charge in [0.05, 0.1) is 5.69 Å². The molecule has 29 heavy (non-hydrogen) atoms. The molecule has 1 aliphatic rings. The third kappa shape index (κ3) is 3.75. The van der Waals surface area contributed by atoms with Crippen molar-refractivity contribution in [2.75, 3.05) is 15.6 Å². The number of anilines is 2. The normalized spacial score (nSPS) is 14.4. The van der Waals surface area contributed by atoms with Gasteiger partial charge in [0, 0.05) is 12.2 Å². The summed E-state index contributed by atoms with van der Waals surface area (Å²) in [5.74, 6) is -0.842. The maximum absolute atomic E-state index is 13.9. The Kier molecular flexibility index (Phi) is 5.09. The van der Waals surface area contributed by atoms with Gasteiger partial charge in [0.15, 0.2) is 0 Å². The number of aryl methyl sites for hydroxylation is 1. The van der Waals surface area contributed by atoms with E-state index in [1.807, 2.05) is 0 Å². The highest BCUT2D eigenvalue weighted by molar-refractivity contribution is 7.94. The molecule has 4 rings (SSSR count). The minimum Gasteiger partial charge on any atom is -0.280 e. The molecule has 6 nitrogen and oxygen atoms in total. The first-order valence-electron chi connectivity index (χ1n) is 8.75. The van der Waals surface area contributed by atoms with Crippen LogP contribution in [-0.4, -0.2) is 23.4 Å². The van der Waals surface area contributed by atoms with Crippen LogP contribution in [0.2, 0.25) is 0 Å². The molecule has 1 aromatic heterocycles. The SMILES string of the molecule is O=S(=O)(Nc1ccc2c(c1)CCCN2S(=O)(=O)c1cccs1)c1ccccc1F. The Morgan fingerprint density at radius 1 is 1.00 bits per heavy atom. The average Bonchev–Trinajstić information content (AvgIpc) is 3.23. The minimum atomic E-state index is -4.10. The van der Waals surface area contributed by atoms with Gasteiger partial charge >= 0.3 is 0 Å². The molecule has 1 aliphatic heterocycles. The lowest BCUT2D eigenvalue weighted by Gasteiger charge is -2.30. The molecule has 0 radical (unpaired) electrons. The molecule has 0 saturated heterocycles. The van der Waals surface area contributed by atoms with Crippen LogP contribution in [0.5, 0.6) is 0 Å². The number of fused-ring (bicyclic) bond motifs is 1. The van der Waals surface area contributed by atoms with Crippen LogP contribution in [0.4, 0.5) is 15.8 Å². The monoisotopic (exact) mass is 452 g/mol. The van der Waals surface area contributed by atoms with Crippen molar-refractivity contribution in [2.24, 2.45) is 0 Å². The van der Waals surface area contributed by atoms with Gasteiger partial charge in [-0.25, -0.2) is 21.2 Å². The van der Waals surface area contributed by atoms with Crippen molar-refractivity contribution in [3.05, 3.63) is 71.4 Å². The fraction of sp³-hybridized carbons (Fsp3) is 0.158. The second kappa shape index (κ2) is 7.43. The lowest BCUT2D eigenvalue weighted by molar-refractivity contribution is 0.570. The first kappa shape index (κ1) is 19.9. The summed E-state index contributed by atoms with van der Waals surface area (Å²) in [6.45, 7) is 0.355. The van der Waals surface area contributed by atoms with E-state index >= 15 is 0 Å². The molecule has 2 heterocycles. The maximum Gasteiger partial charge on any atom is 0.273 e. The lowest BCUT2D eigenvalue weighted by atomic mass is 10.0. The van der Waals surface area contributed by atoms with Crippen molar-refractivity contribution in [3.63, 3.8) is 0 Å². The third-order valence-corrected chi connectivity index (χ3v) is 9.17. The van der Waals surface area contributed by atoms with E-state index in [1.165, 1.54) is 28.6 Å². The molecular weight excluding hydrogens is 435 g/mol. The molecule has 0 amide bonds. The Hall–Kier alpha value is -2.43. The van der Waals surface area contributed by atoms with Crippen molar-refractivity contribution in [1.82, 2.24) is 0 Å². The number of hydrogen-bond acceptors (Lipinski definition) is 5. The van der Waals surface area contributed by atoms with Crippen LogP contribution in [0.15, 0.2) is 69.1 Å². The van der Waals surface area contributed by atoms with E-state index < -0.39 is 30.8 Å². The molecule has 0 atom stereocenters. The van der Waals surface area contributed by atoms with Crippen LogP contribution in [0, 0.1) is 5.82 Å². The molecule has 0 aliphatic carbocycles. The van der Waals surface area contributed by atoms with Crippen LogP contribution in [0.25, 0.3) is 0 Å². The van der Waals surface area contributed by atoms with Crippen LogP contribution >= 0.6 is 11.3 Å². The van der Waals surface area contributed by atoms with Crippen molar-refractivity contribution < 1.29 is 21.2 Å². The quantitative estimate of drug-likeness (QED) is 0.638. The topological polar surface area (TPSA) is 83.6 Å². The summed E-state index contributed by atoms with van der Waals surface area (Å²) >= 11 is 1.15. The summed E-state index contributed by atoms with van der Waals surface area (Å²) in [5, 5.41) is 1.71. The molecule has 0 spiro atoms. The zero-order valence-corrected chi connectivity index (χ0v) is 17.5. The first-order chi connectivity index (χ1) is 13.8. The number of hydrogen-bond donors (Lipinski definition) is 1. The van der Waals surface area contributed by atoms with Crippen molar-refractivity contribution in [1.29, 1.82) is 0 Å². The van der Waals surface area contributed by atoms with E-state index in [4.69, 9.17) is 0 Å². The Morgan fingerprint density at radius 2 is 1.79 bits per heavy atom. The van der Waals surface area contributed by atoms with Crippen molar-refractivity contribution in [2.45, 2.75) is 21.9 Å². The minimum absolute atomic E-state index is 0.252. The van der Waals surface area contributed by atoms with E-state index in [-0.39, 0.29) is 9.90 Å². The van der Waals surface area contributed by atoms with E-state index in [0.29, 0.717) is 30.6 Å². The van der Waals surface area contributed by atoms with Gasteiger partial charge in [-0.3, -0.25) is 9.03 Å². The fourth-order valence-electron chi connectivity index (χ4n) is 3.27. The standard InChI is InChI=1S/C19H17FN2O4S3/c20-16-6-1-2-7-18(16)28(23,24)21-15-9-10-17-14(13-15)5-3-11-22(17)29(25,26)19-8-4-12-27-19/h1-2,4,6-10,12-13,21H,3,5,11H2. The van der Waals surface area contributed by atoms with Gasteiger partial charge in [-0.15, -0.1) is 11.3 Å². The van der Waals surface area contributed by atoms with Gasteiger partial charge in [0.2, 0.25) is 0 Å². The third-order valence-electron chi connectivity index (χ3n) is 4.57. The molecule has 3 aromatic rings. The largest absolute Gasteiger partial charge is 0.280 e. The van der Waals surface area contributed by atoms with Crippen LogP contribution in [-0.2, 0) is 26.5 Å². The molecule has 0 bridgehead atoms. The second-order valence-corrected chi connectivity index (χ2v) is 11.2. The molecule has 2 aromatic carbocycles. The van der Waals surface area contributed by atoms with Crippen LogP contribution < -0.4 is 9.03 Å². The number of sulfonamides is 2. The van der Waals surface area contributed by atoms with Gasteiger partial charge in [-0.1, -0.05) is 18.2 Å². The van der Waals surface area contributed by atoms with Crippen LogP contribution in [0.3, 0.4) is 0 Å². The molecule has 10 heteroatoms. The molecule has 0 fully saturated rings.